The molecule has 2 fully saturated rings. The van der Waals surface area contributed by atoms with Gasteiger partial charge in [-0.25, -0.2) is 13.1 Å². The summed E-state index contributed by atoms with van der Waals surface area (Å²) in [5.41, 5.74) is 1.29. The van der Waals surface area contributed by atoms with E-state index in [1.807, 2.05) is 6.07 Å². The zero-order valence-corrected chi connectivity index (χ0v) is 14.5. The van der Waals surface area contributed by atoms with E-state index in [0.717, 1.165) is 32.7 Å². The predicted octanol–water partition coefficient (Wildman–Crippen LogP) is 1.12. The molecule has 128 valence electrons. The smallest absolute Gasteiger partial charge is 0.211 e. The van der Waals surface area contributed by atoms with Gasteiger partial charge < -0.3 is 9.64 Å². The third kappa shape index (κ3) is 3.94. The molecular formula is C17H26N2O3S. The van der Waals surface area contributed by atoms with E-state index in [4.69, 9.17) is 4.74 Å². The van der Waals surface area contributed by atoms with E-state index in [2.05, 4.69) is 33.9 Å². The number of hydrogen-bond donors (Lipinski definition) is 1. The summed E-state index contributed by atoms with van der Waals surface area (Å²) in [6, 6.07) is 10.5. The van der Waals surface area contributed by atoms with Crippen molar-refractivity contribution in [2.45, 2.75) is 13.3 Å². The summed E-state index contributed by atoms with van der Waals surface area (Å²) in [5, 5.41) is 0. The van der Waals surface area contributed by atoms with Gasteiger partial charge >= 0.3 is 0 Å². The lowest BCUT2D eigenvalue weighted by molar-refractivity contribution is 0.130. The molecule has 0 saturated carbocycles. The average Bonchev–Trinajstić information content (AvgIpc) is 3.09. The highest BCUT2D eigenvalue weighted by molar-refractivity contribution is 7.89. The zero-order chi connectivity index (χ0) is 16.3. The van der Waals surface area contributed by atoms with E-state index in [1.165, 1.54) is 5.56 Å². The minimum Gasteiger partial charge on any atom is -0.380 e. The van der Waals surface area contributed by atoms with Crippen molar-refractivity contribution in [2.75, 3.05) is 45.1 Å². The number of hydrogen-bond acceptors (Lipinski definition) is 4. The van der Waals surface area contributed by atoms with Crippen molar-refractivity contribution in [2.24, 2.45) is 11.3 Å². The van der Waals surface area contributed by atoms with Crippen LogP contribution in [-0.2, 0) is 21.2 Å². The van der Waals surface area contributed by atoms with Crippen LogP contribution in [0.1, 0.15) is 12.5 Å². The second-order valence-corrected chi connectivity index (χ2v) is 8.87. The third-order valence-corrected chi connectivity index (χ3v) is 6.52. The Labute approximate surface area is 139 Å². The molecule has 0 spiro atoms. The lowest BCUT2D eigenvalue weighted by Crippen LogP contribution is -2.43. The molecular weight excluding hydrogens is 312 g/mol. The molecule has 0 aliphatic carbocycles. The molecule has 2 aliphatic rings. The molecule has 0 amide bonds. The first kappa shape index (κ1) is 16.9. The Morgan fingerprint density at radius 2 is 2.13 bits per heavy atom. The van der Waals surface area contributed by atoms with E-state index in [9.17, 15) is 8.42 Å². The van der Waals surface area contributed by atoms with Crippen molar-refractivity contribution >= 4 is 10.0 Å². The van der Waals surface area contributed by atoms with Crippen LogP contribution in [-0.4, -0.2) is 58.5 Å². The van der Waals surface area contributed by atoms with Gasteiger partial charge in [0.15, 0.2) is 0 Å². The van der Waals surface area contributed by atoms with Crippen LogP contribution in [0.25, 0.3) is 0 Å². The summed E-state index contributed by atoms with van der Waals surface area (Å²) >= 11 is 0. The normalized spacial score (nSPS) is 28.1. The number of benzene rings is 1. The van der Waals surface area contributed by atoms with Gasteiger partial charge in [-0.05, 0) is 18.9 Å². The number of ether oxygens (including phenoxy) is 1. The van der Waals surface area contributed by atoms with Gasteiger partial charge in [0.05, 0.1) is 19.0 Å². The molecule has 23 heavy (non-hydrogen) atoms. The lowest BCUT2D eigenvalue weighted by Gasteiger charge is -2.27. The molecule has 0 bridgehead atoms. The molecule has 5 nitrogen and oxygen atoms in total. The summed E-state index contributed by atoms with van der Waals surface area (Å²) in [5.74, 6) is 0.560. The van der Waals surface area contributed by atoms with Gasteiger partial charge in [0.1, 0.15) is 0 Å². The summed E-state index contributed by atoms with van der Waals surface area (Å²) in [6.45, 7) is 6.50. The SMILES string of the molecule is CCS(=O)(=O)NC[C@@]12COC[C@@H]1CN(CCc1ccccc1)C2. The predicted molar refractivity (Wildman–Crippen MR) is 90.8 cm³/mol. The Morgan fingerprint density at radius 1 is 1.35 bits per heavy atom. The monoisotopic (exact) mass is 338 g/mol. The van der Waals surface area contributed by atoms with Crippen LogP contribution < -0.4 is 4.72 Å². The van der Waals surface area contributed by atoms with Crippen molar-refractivity contribution < 1.29 is 13.2 Å². The largest absolute Gasteiger partial charge is 0.380 e. The maximum atomic E-state index is 11.8. The minimum atomic E-state index is -3.15. The number of rotatable bonds is 7. The fourth-order valence-electron chi connectivity index (χ4n) is 3.65. The molecule has 3 rings (SSSR count). The maximum absolute atomic E-state index is 11.8. The van der Waals surface area contributed by atoms with Gasteiger partial charge in [0.25, 0.3) is 0 Å². The van der Waals surface area contributed by atoms with Crippen molar-refractivity contribution in [3.05, 3.63) is 35.9 Å². The maximum Gasteiger partial charge on any atom is 0.211 e. The van der Waals surface area contributed by atoms with Crippen LogP contribution in [0, 0.1) is 11.3 Å². The van der Waals surface area contributed by atoms with Gasteiger partial charge in [0, 0.05) is 37.5 Å². The summed E-state index contributed by atoms with van der Waals surface area (Å²) in [6.07, 6.45) is 1.03. The second-order valence-electron chi connectivity index (χ2n) is 6.77. The Kier molecular flexibility index (Phi) is 5.06. The van der Waals surface area contributed by atoms with Crippen molar-refractivity contribution in [3.8, 4) is 0 Å². The summed E-state index contributed by atoms with van der Waals surface area (Å²) < 4.78 is 32.0. The van der Waals surface area contributed by atoms with Gasteiger partial charge in [-0.15, -0.1) is 0 Å². The van der Waals surface area contributed by atoms with Crippen LogP contribution >= 0.6 is 0 Å². The second kappa shape index (κ2) is 6.89. The Hall–Kier alpha value is -0.950. The van der Waals surface area contributed by atoms with Gasteiger partial charge in [-0.2, -0.15) is 0 Å². The quantitative estimate of drug-likeness (QED) is 0.809. The molecule has 1 N–H and O–H groups in total. The van der Waals surface area contributed by atoms with Crippen molar-refractivity contribution in [1.82, 2.24) is 9.62 Å². The molecule has 6 heteroatoms. The zero-order valence-electron chi connectivity index (χ0n) is 13.7. The highest BCUT2D eigenvalue weighted by Gasteiger charge is 2.50. The molecule has 2 aliphatic heterocycles. The fourth-order valence-corrected chi connectivity index (χ4v) is 4.36. The minimum absolute atomic E-state index is 0.0566. The standard InChI is InChI=1S/C17H26N2O3S/c1-2-23(20,21)18-12-17-13-19(10-16(17)11-22-14-17)9-8-15-6-4-3-5-7-15/h3-7,16,18H,2,8-14H2,1H3/t16-,17+/m0/s1. The average molecular weight is 338 g/mol. The highest BCUT2D eigenvalue weighted by Crippen LogP contribution is 2.40. The number of fused-ring (bicyclic) bond motifs is 1. The Balaban J connectivity index is 1.58. The molecule has 2 saturated heterocycles. The number of nitrogens with one attached hydrogen (secondary N) is 1. The first-order valence-electron chi connectivity index (χ1n) is 8.34. The number of nitrogens with zero attached hydrogens (tertiary/aromatic N) is 1. The topological polar surface area (TPSA) is 58.6 Å². The Bertz CT molecular complexity index is 620. The summed E-state index contributed by atoms with van der Waals surface area (Å²) in [7, 11) is -3.15. The van der Waals surface area contributed by atoms with E-state index >= 15 is 0 Å². The van der Waals surface area contributed by atoms with E-state index in [0.29, 0.717) is 19.1 Å². The molecule has 2 heterocycles. The highest BCUT2D eigenvalue weighted by atomic mass is 32.2. The lowest BCUT2D eigenvalue weighted by atomic mass is 9.81. The van der Waals surface area contributed by atoms with Crippen LogP contribution in [0.4, 0.5) is 0 Å². The van der Waals surface area contributed by atoms with E-state index < -0.39 is 10.0 Å². The first-order valence-corrected chi connectivity index (χ1v) is 10.00. The van der Waals surface area contributed by atoms with Crippen molar-refractivity contribution in [1.29, 1.82) is 0 Å². The van der Waals surface area contributed by atoms with Crippen LogP contribution in [0.3, 0.4) is 0 Å². The van der Waals surface area contributed by atoms with Gasteiger partial charge in [-0.3, -0.25) is 0 Å². The first-order chi connectivity index (χ1) is 11.0. The van der Waals surface area contributed by atoms with Gasteiger partial charge in [-0.1, -0.05) is 30.3 Å². The van der Waals surface area contributed by atoms with Crippen molar-refractivity contribution in [3.63, 3.8) is 0 Å². The fraction of sp³-hybridized carbons (Fsp3) is 0.647. The third-order valence-electron chi connectivity index (χ3n) is 5.18. The van der Waals surface area contributed by atoms with E-state index in [1.54, 1.807) is 6.92 Å². The molecule has 1 aromatic carbocycles. The van der Waals surface area contributed by atoms with Crippen LogP contribution in [0.15, 0.2) is 30.3 Å². The van der Waals surface area contributed by atoms with E-state index in [-0.39, 0.29) is 11.2 Å². The molecule has 2 atom stereocenters. The van der Waals surface area contributed by atoms with Crippen LogP contribution in [0.5, 0.6) is 0 Å². The number of sulfonamides is 1. The number of likely N-dealkylation sites (tertiary alicyclic amines) is 1. The Morgan fingerprint density at radius 3 is 2.87 bits per heavy atom. The molecule has 0 aromatic heterocycles. The summed E-state index contributed by atoms with van der Waals surface area (Å²) in [4.78, 5) is 2.46. The molecule has 1 aromatic rings. The van der Waals surface area contributed by atoms with Gasteiger partial charge in [0.2, 0.25) is 10.0 Å². The van der Waals surface area contributed by atoms with Crippen LogP contribution in [0.2, 0.25) is 0 Å². The molecule has 0 unspecified atom stereocenters. The molecule has 0 radical (unpaired) electrons.